The minimum absolute atomic E-state index is 0.419. The molecule has 2 aromatic heterocycles. The maximum atomic E-state index is 5.77. The number of hydrogen-bond acceptors (Lipinski definition) is 7. The summed E-state index contributed by atoms with van der Waals surface area (Å²) >= 11 is 0. The largest absolute Gasteiger partial charge is 0.497 e. The van der Waals surface area contributed by atoms with Crippen molar-refractivity contribution in [3.8, 4) is 23.1 Å². The van der Waals surface area contributed by atoms with E-state index in [9.17, 15) is 0 Å². The number of aromatic nitrogens is 3. The van der Waals surface area contributed by atoms with Crippen molar-refractivity contribution < 1.29 is 14.0 Å². The van der Waals surface area contributed by atoms with E-state index in [-0.39, 0.29) is 0 Å². The first kappa shape index (κ1) is 21.1. The number of pyridine rings is 1. The summed E-state index contributed by atoms with van der Waals surface area (Å²) in [5.74, 6) is 3.40. The maximum absolute atomic E-state index is 5.77. The average Bonchev–Trinajstić information content (AvgIpc) is 3.26. The highest BCUT2D eigenvalue weighted by Gasteiger charge is 2.10. The number of aliphatic imine (C=N–C) groups is 1. The van der Waals surface area contributed by atoms with Gasteiger partial charge in [0.2, 0.25) is 0 Å². The van der Waals surface area contributed by atoms with Crippen LogP contribution in [0.5, 0.6) is 11.5 Å². The Kier molecular flexibility index (Phi) is 7.59. The molecule has 3 aromatic rings. The van der Waals surface area contributed by atoms with Gasteiger partial charge in [0.05, 0.1) is 13.7 Å². The molecule has 30 heavy (non-hydrogen) atoms. The zero-order valence-corrected chi connectivity index (χ0v) is 17.4. The summed E-state index contributed by atoms with van der Waals surface area (Å²) in [4.78, 5) is 14.9. The Morgan fingerprint density at radius 1 is 1.17 bits per heavy atom. The molecule has 0 aliphatic carbocycles. The van der Waals surface area contributed by atoms with Crippen molar-refractivity contribution >= 4 is 5.96 Å². The molecular weight excluding hydrogens is 384 g/mol. The highest BCUT2D eigenvalue weighted by molar-refractivity contribution is 5.79. The molecular formula is C21H26N6O3. The molecule has 0 unspecified atom stereocenters. The molecule has 3 rings (SSSR count). The van der Waals surface area contributed by atoms with Gasteiger partial charge in [0.25, 0.3) is 5.89 Å². The first-order valence-corrected chi connectivity index (χ1v) is 9.62. The minimum atomic E-state index is 0.419. The second kappa shape index (κ2) is 10.8. The fraction of sp³-hybridized carbons (Fsp3) is 0.333. The number of ether oxygens (including phenoxy) is 2. The van der Waals surface area contributed by atoms with E-state index in [1.54, 1.807) is 20.4 Å². The molecule has 1 aromatic carbocycles. The van der Waals surface area contributed by atoms with Gasteiger partial charge in [-0.2, -0.15) is 4.98 Å². The molecule has 1 N–H and O–H groups in total. The molecule has 0 fully saturated rings. The van der Waals surface area contributed by atoms with E-state index in [0.29, 0.717) is 43.5 Å². The van der Waals surface area contributed by atoms with Crippen molar-refractivity contribution in [3.05, 3.63) is 54.5 Å². The Balaban J connectivity index is 1.41. The summed E-state index contributed by atoms with van der Waals surface area (Å²) in [7, 11) is 5.35. The van der Waals surface area contributed by atoms with E-state index in [1.165, 1.54) is 0 Å². The van der Waals surface area contributed by atoms with Crippen molar-refractivity contribution in [2.75, 3.05) is 40.9 Å². The van der Waals surface area contributed by atoms with Crippen molar-refractivity contribution in [2.24, 2.45) is 4.99 Å². The Labute approximate surface area is 175 Å². The van der Waals surface area contributed by atoms with Crippen LogP contribution in [0.15, 0.2) is 58.2 Å². The van der Waals surface area contributed by atoms with Gasteiger partial charge in [0, 0.05) is 33.3 Å². The van der Waals surface area contributed by atoms with E-state index in [1.807, 2.05) is 54.4 Å². The van der Waals surface area contributed by atoms with Crippen LogP contribution < -0.4 is 14.8 Å². The molecule has 0 radical (unpaired) electrons. The lowest BCUT2D eigenvalue weighted by atomic mass is 10.3. The highest BCUT2D eigenvalue weighted by atomic mass is 16.5. The third-order valence-electron chi connectivity index (χ3n) is 4.31. The number of guanidine groups is 1. The Morgan fingerprint density at radius 3 is 2.67 bits per heavy atom. The van der Waals surface area contributed by atoms with E-state index in [0.717, 1.165) is 17.5 Å². The predicted molar refractivity (Wildman–Crippen MR) is 114 cm³/mol. The number of nitrogens with one attached hydrogen (secondary N) is 1. The van der Waals surface area contributed by atoms with Crippen molar-refractivity contribution in [1.29, 1.82) is 0 Å². The zero-order valence-electron chi connectivity index (χ0n) is 17.4. The van der Waals surface area contributed by atoms with Crippen LogP contribution in [-0.2, 0) is 6.42 Å². The molecule has 0 aliphatic heterocycles. The molecule has 0 saturated carbocycles. The van der Waals surface area contributed by atoms with E-state index in [2.05, 4.69) is 25.4 Å². The molecule has 158 valence electrons. The standard InChI is InChI=1S/C21H26N6O3/c1-22-21(27(2)14-15-29-17-9-7-16(28-3)8-10-17)24-13-11-19-25-20(30-26-19)18-6-4-5-12-23-18/h4-10,12H,11,13-15H2,1-3H3,(H,22,24). The van der Waals surface area contributed by atoms with E-state index < -0.39 is 0 Å². The van der Waals surface area contributed by atoms with Gasteiger partial charge in [-0.05, 0) is 36.4 Å². The van der Waals surface area contributed by atoms with Crippen LogP contribution in [0.1, 0.15) is 5.82 Å². The number of hydrogen-bond donors (Lipinski definition) is 1. The topological polar surface area (TPSA) is 97.9 Å². The van der Waals surface area contributed by atoms with Gasteiger partial charge in [0.1, 0.15) is 23.8 Å². The predicted octanol–water partition coefficient (Wildman–Crippen LogP) is 2.27. The average molecular weight is 410 g/mol. The van der Waals surface area contributed by atoms with Crippen molar-refractivity contribution in [1.82, 2.24) is 25.3 Å². The van der Waals surface area contributed by atoms with Crippen LogP contribution in [-0.4, -0.2) is 66.9 Å². The van der Waals surface area contributed by atoms with Gasteiger partial charge in [-0.15, -0.1) is 0 Å². The molecule has 2 heterocycles. The van der Waals surface area contributed by atoms with Gasteiger partial charge >= 0.3 is 0 Å². The summed E-state index contributed by atoms with van der Waals surface area (Å²) < 4.78 is 16.2. The Morgan fingerprint density at radius 2 is 1.97 bits per heavy atom. The van der Waals surface area contributed by atoms with Crippen LogP contribution >= 0.6 is 0 Å². The molecule has 0 amide bonds. The third kappa shape index (κ3) is 5.94. The molecule has 0 atom stereocenters. The van der Waals surface area contributed by atoms with Crippen molar-refractivity contribution in [3.63, 3.8) is 0 Å². The van der Waals surface area contributed by atoms with E-state index >= 15 is 0 Å². The van der Waals surface area contributed by atoms with Crippen LogP contribution in [0.25, 0.3) is 11.6 Å². The number of rotatable bonds is 9. The molecule has 9 heteroatoms. The summed E-state index contributed by atoms with van der Waals surface area (Å²) in [5.41, 5.74) is 0.664. The SMILES string of the molecule is CN=C(NCCc1noc(-c2ccccn2)n1)N(C)CCOc1ccc(OC)cc1. The fourth-order valence-electron chi connectivity index (χ4n) is 2.70. The van der Waals surface area contributed by atoms with Crippen LogP contribution in [0.4, 0.5) is 0 Å². The van der Waals surface area contributed by atoms with Crippen LogP contribution in [0.3, 0.4) is 0 Å². The number of nitrogens with zero attached hydrogens (tertiary/aromatic N) is 5. The lowest BCUT2D eigenvalue weighted by Gasteiger charge is -2.22. The van der Waals surface area contributed by atoms with E-state index in [4.69, 9.17) is 14.0 Å². The lowest BCUT2D eigenvalue weighted by molar-refractivity contribution is 0.281. The van der Waals surface area contributed by atoms with Gasteiger partial charge in [0.15, 0.2) is 11.8 Å². The number of methoxy groups -OCH3 is 1. The van der Waals surface area contributed by atoms with Crippen LogP contribution in [0, 0.1) is 0 Å². The first-order valence-electron chi connectivity index (χ1n) is 9.62. The summed E-state index contributed by atoms with van der Waals surface area (Å²) in [6.45, 7) is 1.83. The Bertz CT molecular complexity index is 927. The number of likely N-dealkylation sites (N-methyl/N-ethyl adjacent to an activating group) is 1. The quantitative estimate of drug-likeness (QED) is 0.424. The monoisotopic (exact) mass is 410 g/mol. The zero-order chi connectivity index (χ0) is 21.2. The summed E-state index contributed by atoms with van der Waals surface area (Å²) in [6, 6.07) is 13.1. The van der Waals surface area contributed by atoms with Gasteiger partial charge in [-0.3, -0.25) is 9.98 Å². The Hall–Kier alpha value is -3.62. The van der Waals surface area contributed by atoms with Crippen molar-refractivity contribution in [2.45, 2.75) is 6.42 Å². The lowest BCUT2D eigenvalue weighted by Crippen LogP contribution is -2.41. The molecule has 0 bridgehead atoms. The third-order valence-corrected chi connectivity index (χ3v) is 4.31. The molecule has 0 aliphatic rings. The second-order valence-corrected chi connectivity index (χ2v) is 6.40. The normalized spacial score (nSPS) is 11.2. The summed E-state index contributed by atoms with van der Waals surface area (Å²) in [6.07, 6.45) is 2.30. The van der Waals surface area contributed by atoms with Gasteiger partial charge in [-0.25, -0.2) is 0 Å². The highest BCUT2D eigenvalue weighted by Crippen LogP contribution is 2.17. The summed E-state index contributed by atoms with van der Waals surface area (Å²) in [5, 5.41) is 7.30. The smallest absolute Gasteiger partial charge is 0.276 e. The minimum Gasteiger partial charge on any atom is -0.497 e. The molecule has 9 nitrogen and oxygen atoms in total. The fourth-order valence-corrected chi connectivity index (χ4v) is 2.70. The number of benzene rings is 1. The first-order chi connectivity index (χ1) is 14.7. The van der Waals surface area contributed by atoms with Gasteiger partial charge < -0.3 is 24.2 Å². The second-order valence-electron chi connectivity index (χ2n) is 6.40. The molecule has 0 spiro atoms. The van der Waals surface area contributed by atoms with Crippen LogP contribution in [0.2, 0.25) is 0 Å². The maximum Gasteiger partial charge on any atom is 0.276 e. The van der Waals surface area contributed by atoms with Gasteiger partial charge in [-0.1, -0.05) is 11.2 Å². The molecule has 0 saturated heterocycles.